The Morgan fingerprint density at radius 1 is 0.846 bits per heavy atom. The van der Waals surface area contributed by atoms with Crippen molar-refractivity contribution in [2.24, 2.45) is 0 Å². The molecule has 0 spiro atoms. The highest BCUT2D eigenvalue weighted by atomic mass is 19.4. The number of anilines is 1. The molecule has 0 bridgehead atoms. The van der Waals surface area contributed by atoms with Crippen molar-refractivity contribution in [3.05, 3.63) is 101 Å². The zero-order valence-electron chi connectivity index (χ0n) is 13.8. The molecule has 3 rings (SSSR count). The Morgan fingerprint density at radius 3 is 2.27 bits per heavy atom. The molecule has 2 nitrogen and oxygen atoms in total. The largest absolute Gasteiger partial charge is 0.416 e. The Balaban J connectivity index is 1.83. The third-order valence-corrected chi connectivity index (χ3v) is 3.95. The van der Waals surface area contributed by atoms with Crippen LogP contribution in [0.4, 0.5) is 18.9 Å². The van der Waals surface area contributed by atoms with Gasteiger partial charge in [-0.2, -0.15) is 13.2 Å². The predicted octanol–water partition coefficient (Wildman–Crippen LogP) is 5.55. The van der Waals surface area contributed by atoms with Crippen LogP contribution in [0, 0.1) is 0 Å². The molecule has 0 aromatic heterocycles. The highest BCUT2D eigenvalue weighted by Crippen LogP contribution is 2.30. The van der Waals surface area contributed by atoms with Crippen LogP contribution in [0.25, 0.3) is 0 Å². The van der Waals surface area contributed by atoms with Gasteiger partial charge in [0.2, 0.25) is 0 Å². The van der Waals surface area contributed by atoms with E-state index in [0.717, 1.165) is 23.3 Å². The fraction of sp³-hybridized carbons (Fsp3) is 0.0952. The molecule has 3 aromatic carbocycles. The highest BCUT2D eigenvalue weighted by molar-refractivity contribution is 6.05. The van der Waals surface area contributed by atoms with Gasteiger partial charge in [-0.25, -0.2) is 0 Å². The summed E-state index contributed by atoms with van der Waals surface area (Å²) < 4.78 is 38.5. The van der Waals surface area contributed by atoms with E-state index in [1.165, 1.54) is 12.1 Å². The minimum atomic E-state index is -4.45. The summed E-state index contributed by atoms with van der Waals surface area (Å²) in [4.78, 5) is 12.6. The lowest BCUT2D eigenvalue weighted by Crippen LogP contribution is -2.15. The predicted molar refractivity (Wildman–Crippen MR) is 95.1 cm³/mol. The second kappa shape index (κ2) is 7.44. The fourth-order valence-corrected chi connectivity index (χ4v) is 2.68. The first-order valence-electron chi connectivity index (χ1n) is 8.04. The molecule has 0 radical (unpaired) electrons. The summed E-state index contributed by atoms with van der Waals surface area (Å²) in [6.07, 6.45) is -3.89. The van der Waals surface area contributed by atoms with Crippen molar-refractivity contribution in [3.63, 3.8) is 0 Å². The average Bonchev–Trinajstić information content (AvgIpc) is 2.62. The van der Waals surface area contributed by atoms with E-state index < -0.39 is 17.6 Å². The van der Waals surface area contributed by atoms with Crippen LogP contribution >= 0.6 is 0 Å². The Bertz CT molecular complexity index is 904. The first-order chi connectivity index (χ1) is 12.4. The molecular weight excluding hydrogens is 339 g/mol. The van der Waals surface area contributed by atoms with Gasteiger partial charge in [0.15, 0.2) is 0 Å². The summed E-state index contributed by atoms with van der Waals surface area (Å²) >= 11 is 0. The van der Waals surface area contributed by atoms with Crippen LogP contribution in [0.1, 0.15) is 27.0 Å². The minimum Gasteiger partial charge on any atom is -0.322 e. The van der Waals surface area contributed by atoms with Gasteiger partial charge < -0.3 is 5.32 Å². The Kier molecular flexibility index (Phi) is 5.07. The van der Waals surface area contributed by atoms with Gasteiger partial charge in [0, 0.05) is 11.3 Å². The number of rotatable bonds is 4. The molecule has 0 aliphatic rings. The monoisotopic (exact) mass is 355 g/mol. The van der Waals surface area contributed by atoms with Crippen molar-refractivity contribution in [2.45, 2.75) is 12.6 Å². The number of halogens is 3. The maximum absolute atomic E-state index is 12.8. The van der Waals surface area contributed by atoms with E-state index in [4.69, 9.17) is 0 Å². The highest BCUT2D eigenvalue weighted by Gasteiger charge is 2.30. The standard InChI is InChI=1S/C21H16F3NO/c22-21(23,24)17-10-6-11-18(14-17)25-20(26)19-12-5-4-9-16(19)13-15-7-2-1-3-8-15/h1-12,14H,13H2,(H,25,26). The average molecular weight is 355 g/mol. The lowest BCUT2D eigenvalue weighted by atomic mass is 9.99. The zero-order valence-corrected chi connectivity index (χ0v) is 13.8. The van der Waals surface area contributed by atoms with Crippen LogP contribution in [0.5, 0.6) is 0 Å². The Morgan fingerprint density at radius 2 is 1.54 bits per heavy atom. The molecule has 0 heterocycles. The Hall–Kier alpha value is -3.08. The molecule has 1 amide bonds. The summed E-state index contributed by atoms with van der Waals surface area (Å²) in [6, 6.07) is 21.3. The van der Waals surface area contributed by atoms with Crippen LogP contribution in [-0.2, 0) is 12.6 Å². The van der Waals surface area contributed by atoms with Crippen molar-refractivity contribution in [1.29, 1.82) is 0 Å². The number of hydrogen-bond donors (Lipinski definition) is 1. The summed E-state index contributed by atoms with van der Waals surface area (Å²) in [5.41, 5.74) is 1.61. The third kappa shape index (κ3) is 4.30. The Labute approximate surface area is 149 Å². The summed E-state index contributed by atoms with van der Waals surface area (Å²) in [6.45, 7) is 0. The molecule has 0 aliphatic heterocycles. The van der Waals surface area contributed by atoms with Gasteiger partial charge in [-0.05, 0) is 41.8 Å². The molecule has 1 N–H and O–H groups in total. The molecule has 0 saturated heterocycles. The van der Waals surface area contributed by atoms with Crippen LogP contribution in [0.2, 0.25) is 0 Å². The molecule has 3 aromatic rings. The third-order valence-electron chi connectivity index (χ3n) is 3.95. The zero-order chi connectivity index (χ0) is 18.6. The SMILES string of the molecule is O=C(Nc1cccc(C(F)(F)F)c1)c1ccccc1Cc1ccccc1. The van der Waals surface area contributed by atoms with Crippen molar-refractivity contribution >= 4 is 11.6 Å². The van der Waals surface area contributed by atoms with Gasteiger partial charge in [-0.15, -0.1) is 0 Å². The minimum absolute atomic E-state index is 0.110. The molecular formula is C21H16F3NO. The maximum atomic E-state index is 12.8. The summed E-state index contributed by atoms with van der Waals surface area (Å²) in [5, 5.41) is 2.56. The molecule has 0 atom stereocenters. The normalized spacial score (nSPS) is 11.2. The van der Waals surface area contributed by atoms with Crippen molar-refractivity contribution in [3.8, 4) is 0 Å². The number of amides is 1. The quantitative estimate of drug-likeness (QED) is 0.653. The maximum Gasteiger partial charge on any atom is 0.416 e. The lowest BCUT2D eigenvalue weighted by molar-refractivity contribution is -0.137. The van der Waals surface area contributed by atoms with Crippen molar-refractivity contribution in [2.75, 3.05) is 5.32 Å². The molecule has 0 unspecified atom stereocenters. The van der Waals surface area contributed by atoms with Gasteiger partial charge in [0.05, 0.1) is 5.56 Å². The second-order valence-corrected chi connectivity index (χ2v) is 5.85. The molecule has 26 heavy (non-hydrogen) atoms. The van der Waals surface area contributed by atoms with Crippen LogP contribution in [0.15, 0.2) is 78.9 Å². The van der Waals surface area contributed by atoms with E-state index in [9.17, 15) is 18.0 Å². The second-order valence-electron chi connectivity index (χ2n) is 5.85. The molecule has 0 aliphatic carbocycles. The number of carbonyl (C=O) groups is 1. The van der Waals surface area contributed by atoms with Gasteiger partial charge in [-0.1, -0.05) is 54.6 Å². The van der Waals surface area contributed by atoms with Crippen LogP contribution < -0.4 is 5.32 Å². The topological polar surface area (TPSA) is 29.1 Å². The van der Waals surface area contributed by atoms with Gasteiger partial charge >= 0.3 is 6.18 Å². The van der Waals surface area contributed by atoms with Crippen LogP contribution in [0.3, 0.4) is 0 Å². The number of nitrogens with one attached hydrogen (secondary N) is 1. The number of benzene rings is 3. The first kappa shape index (κ1) is 17.7. The smallest absolute Gasteiger partial charge is 0.322 e. The van der Waals surface area contributed by atoms with E-state index in [-0.39, 0.29) is 5.69 Å². The van der Waals surface area contributed by atoms with Crippen molar-refractivity contribution in [1.82, 2.24) is 0 Å². The molecule has 5 heteroatoms. The van der Waals surface area contributed by atoms with E-state index in [1.807, 2.05) is 42.5 Å². The van der Waals surface area contributed by atoms with E-state index in [2.05, 4.69) is 5.32 Å². The first-order valence-corrected chi connectivity index (χ1v) is 8.04. The van der Waals surface area contributed by atoms with Gasteiger partial charge in [0.25, 0.3) is 5.91 Å². The molecule has 0 fully saturated rings. The van der Waals surface area contributed by atoms with E-state index >= 15 is 0 Å². The number of hydrogen-bond acceptors (Lipinski definition) is 1. The molecule has 132 valence electrons. The molecule has 0 saturated carbocycles. The van der Waals surface area contributed by atoms with Gasteiger partial charge in [-0.3, -0.25) is 4.79 Å². The number of alkyl halides is 3. The lowest BCUT2D eigenvalue weighted by Gasteiger charge is -2.12. The van der Waals surface area contributed by atoms with E-state index in [1.54, 1.807) is 12.1 Å². The summed E-state index contributed by atoms with van der Waals surface area (Å²) in [5.74, 6) is -0.434. The fourth-order valence-electron chi connectivity index (χ4n) is 2.68. The van der Waals surface area contributed by atoms with Gasteiger partial charge in [0.1, 0.15) is 0 Å². The summed E-state index contributed by atoms with van der Waals surface area (Å²) in [7, 11) is 0. The van der Waals surface area contributed by atoms with Crippen molar-refractivity contribution < 1.29 is 18.0 Å². The van der Waals surface area contributed by atoms with Crippen LogP contribution in [-0.4, -0.2) is 5.91 Å². The number of carbonyl (C=O) groups excluding carboxylic acids is 1. The van der Waals surface area contributed by atoms with E-state index in [0.29, 0.717) is 12.0 Å².